The number of hydrogen-bond acceptors (Lipinski definition) is 5. The first-order chi connectivity index (χ1) is 11.9. The van der Waals surface area contributed by atoms with Crippen LogP contribution in [0.3, 0.4) is 0 Å². The molecule has 132 valence electrons. The van der Waals surface area contributed by atoms with Crippen molar-refractivity contribution in [3.63, 3.8) is 0 Å². The average molecular weight is 384 g/mol. The Hall–Kier alpha value is -2.00. The molecule has 1 aliphatic rings. The molecule has 0 bridgehead atoms. The van der Waals surface area contributed by atoms with Gasteiger partial charge in [0.1, 0.15) is 5.03 Å². The fraction of sp³-hybridized carbons (Fsp3) is 0.250. The van der Waals surface area contributed by atoms with Crippen molar-refractivity contribution in [2.75, 3.05) is 5.75 Å². The Morgan fingerprint density at radius 3 is 2.76 bits per heavy atom. The van der Waals surface area contributed by atoms with E-state index in [0.717, 1.165) is 0 Å². The smallest absolute Gasteiger partial charge is 0.290 e. The Morgan fingerprint density at radius 1 is 1.24 bits per heavy atom. The standard InChI is InChI=1S/C16H14F2N2O3S2/c17-16(18)24-15-11(5-3-8-19-15)14(21)20-12-7-9-25(22,23)13-6-2-1-4-10(12)13/h1-6,8,12,16H,7,9H2,(H,20,21). The van der Waals surface area contributed by atoms with Gasteiger partial charge in [-0.25, -0.2) is 13.4 Å². The zero-order valence-electron chi connectivity index (χ0n) is 12.9. The number of alkyl halides is 2. The van der Waals surface area contributed by atoms with Gasteiger partial charge in [0, 0.05) is 6.20 Å². The molecule has 0 spiro atoms. The molecular weight excluding hydrogens is 370 g/mol. The molecule has 1 aromatic heterocycles. The van der Waals surface area contributed by atoms with E-state index in [4.69, 9.17) is 0 Å². The Labute approximate surface area is 147 Å². The summed E-state index contributed by atoms with van der Waals surface area (Å²) in [5.74, 6) is -3.34. The fourth-order valence-electron chi connectivity index (χ4n) is 2.72. The third-order valence-electron chi connectivity index (χ3n) is 3.83. The van der Waals surface area contributed by atoms with Gasteiger partial charge in [-0.05, 0) is 41.9 Å². The van der Waals surface area contributed by atoms with Gasteiger partial charge < -0.3 is 5.32 Å². The van der Waals surface area contributed by atoms with E-state index in [1.165, 1.54) is 24.4 Å². The number of sulfone groups is 1. The van der Waals surface area contributed by atoms with Gasteiger partial charge in [0.05, 0.1) is 22.3 Å². The van der Waals surface area contributed by atoms with Gasteiger partial charge in [0.15, 0.2) is 9.84 Å². The van der Waals surface area contributed by atoms with Gasteiger partial charge in [-0.1, -0.05) is 18.2 Å². The summed E-state index contributed by atoms with van der Waals surface area (Å²) < 4.78 is 49.5. The minimum Gasteiger partial charge on any atom is -0.345 e. The summed E-state index contributed by atoms with van der Waals surface area (Å²) in [6.45, 7) is 0. The molecule has 1 aliphatic heterocycles. The zero-order chi connectivity index (χ0) is 18.0. The fourth-order valence-corrected chi connectivity index (χ4v) is 4.92. The minimum absolute atomic E-state index is 0.0405. The van der Waals surface area contributed by atoms with Crippen LogP contribution in [0.2, 0.25) is 0 Å². The van der Waals surface area contributed by atoms with Crippen molar-refractivity contribution in [3.8, 4) is 0 Å². The Kier molecular flexibility index (Phi) is 5.05. The van der Waals surface area contributed by atoms with Crippen molar-refractivity contribution < 1.29 is 22.0 Å². The molecule has 2 heterocycles. The number of halogens is 2. The van der Waals surface area contributed by atoms with E-state index in [9.17, 15) is 22.0 Å². The van der Waals surface area contributed by atoms with Crippen LogP contribution < -0.4 is 5.32 Å². The second kappa shape index (κ2) is 7.09. The van der Waals surface area contributed by atoms with Crippen molar-refractivity contribution in [2.24, 2.45) is 0 Å². The van der Waals surface area contributed by atoms with E-state index in [2.05, 4.69) is 10.3 Å². The number of benzene rings is 1. The van der Waals surface area contributed by atoms with Crippen LogP contribution in [0.15, 0.2) is 52.5 Å². The summed E-state index contributed by atoms with van der Waals surface area (Å²) in [4.78, 5) is 16.5. The number of fused-ring (bicyclic) bond motifs is 1. The van der Waals surface area contributed by atoms with E-state index >= 15 is 0 Å². The van der Waals surface area contributed by atoms with E-state index in [1.807, 2.05) is 0 Å². The first kappa shape index (κ1) is 17.8. The number of carbonyl (C=O) groups is 1. The lowest BCUT2D eigenvalue weighted by Crippen LogP contribution is -2.34. The van der Waals surface area contributed by atoms with Crippen molar-refractivity contribution in [2.45, 2.75) is 28.1 Å². The monoisotopic (exact) mass is 384 g/mol. The molecule has 9 heteroatoms. The number of aromatic nitrogens is 1. The van der Waals surface area contributed by atoms with Crippen LogP contribution >= 0.6 is 11.8 Å². The van der Waals surface area contributed by atoms with Crippen molar-refractivity contribution in [1.82, 2.24) is 10.3 Å². The molecule has 0 radical (unpaired) electrons. The molecule has 0 fully saturated rings. The minimum atomic E-state index is -3.37. The average Bonchev–Trinajstić information content (AvgIpc) is 2.57. The van der Waals surface area contributed by atoms with Crippen LogP contribution in [-0.2, 0) is 9.84 Å². The summed E-state index contributed by atoms with van der Waals surface area (Å²) in [6, 6.07) is 8.87. The maximum absolute atomic E-state index is 12.6. The second-order valence-electron chi connectivity index (χ2n) is 5.41. The molecule has 1 N–H and O–H groups in total. The number of carbonyl (C=O) groups excluding carboxylic acids is 1. The number of nitrogens with zero attached hydrogens (tertiary/aromatic N) is 1. The second-order valence-corrected chi connectivity index (χ2v) is 8.46. The van der Waals surface area contributed by atoms with Crippen LogP contribution in [0.5, 0.6) is 0 Å². The molecule has 0 aliphatic carbocycles. The van der Waals surface area contributed by atoms with Crippen LogP contribution in [0, 0.1) is 0 Å². The van der Waals surface area contributed by atoms with Crippen molar-refractivity contribution in [3.05, 3.63) is 53.7 Å². The first-order valence-electron chi connectivity index (χ1n) is 7.41. The van der Waals surface area contributed by atoms with E-state index in [0.29, 0.717) is 5.56 Å². The number of thioether (sulfide) groups is 1. The van der Waals surface area contributed by atoms with Gasteiger partial charge in [0.25, 0.3) is 11.7 Å². The predicted octanol–water partition coefficient (Wildman–Crippen LogP) is 3.04. The lowest BCUT2D eigenvalue weighted by Gasteiger charge is -2.26. The normalized spacial score (nSPS) is 18.6. The highest BCUT2D eigenvalue weighted by Crippen LogP contribution is 2.33. The summed E-state index contributed by atoms with van der Waals surface area (Å²) in [6.07, 6.45) is 1.56. The number of nitrogens with one attached hydrogen (secondary N) is 1. The van der Waals surface area contributed by atoms with E-state index in [1.54, 1.807) is 18.2 Å². The third kappa shape index (κ3) is 3.82. The predicted molar refractivity (Wildman–Crippen MR) is 89.4 cm³/mol. The molecule has 25 heavy (non-hydrogen) atoms. The lowest BCUT2D eigenvalue weighted by molar-refractivity contribution is 0.0931. The molecule has 5 nitrogen and oxygen atoms in total. The molecule has 2 aromatic rings. The maximum Gasteiger partial charge on any atom is 0.290 e. The summed E-state index contributed by atoms with van der Waals surface area (Å²) in [5, 5.41) is 2.68. The highest BCUT2D eigenvalue weighted by atomic mass is 32.2. The molecule has 0 saturated heterocycles. The van der Waals surface area contributed by atoms with Crippen molar-refractivity contribution in [1.29, 1.82) is 0 Å². The van der Waals surface area contributed by atoms with Crippen LogP contribution in [-0.4, -0.2) is 30.8 Å². The maximum atomic E-state index is 12.6. The third-order valence-corrected chi connectivity index (χ3v) is 6.37. The van der Waals surface area contributed by atoms with Gasteiger partial charge in [-0.2, -0.15) is 8.78 Å². The Balaban J connectivity index is 1.88. The number of rotatable bonds is 4. The van der Waals surface area contributed by atoms with Crippen LogP contribution in [0.4, 0.5) is 8.78 Å². The quantitative estimate of drug-likeness (QED) is 0.820. The van der Waals surface area contributed by atoms with Crippen LogP contribution in [0.1, 0.15) is 28.4 Å². The lowest BCUT2D eigenvalue weighted by atomic mass is 10.0. The summed E-state index contributed by atoms with van der Waals surface area (Å²) >= 11 is 0.200. The SMILES string of the molecule is O=C(NC1CCS(=O)(=O)c2ccccc21)c1cccnc1SC(F)F. The van der Waals surface area contributed by atoms with Crippen molar-refractivity contribution >= 4 is 27.5 Å². The molecule has 1 amide bonds. The highest BCUT2D eigenvalue weighted by Gasteiger charge is 2.31. The van der Waals surface area contributed by atoms with Gasteiger partial charge in [0.2, 0.25) is 0 Å². The van der Waals surface area contributed by atoms with Crippen LogP contribution in [0.25, 0.3) is 0 Å². The van der Waals surface area contributed by atoms with Gasteiger partial charge in [-0.3, -0.25) is 4.79 Å². The molecule has 0 saturated carbocycles. The zero-order valence-corrected chi connectivity index (χ0v) is 14.5. The highest BCUT2D eigenvalue weighted by molar-refractivity contribution is 7.99. The first-order valence-corrected chi connectivity index (χ1v) is 9.94. The Bertz CT molecular complexity index is 904. The molecule has 1 atom stereocenters. The Morgan fingerprint density at radius 2 is 2.00 bits per heavy atom. The number of pyridine rings is 1. The van der Waals surface area contributed by atoms with Gasteiger partial charge >= 0.3 is 0 Å². The summed E-state index contributed by atoms with van der Waals surface area (Å²) in [7, 11) is -3.37. The molecule has 3 rings (SSSR count). The molecular formula is C16H14F2N2O3S2. The molecule has 1 unspecified atom stereocenters. The largest absolute Gasteiger partial charge is 0.345 e. The van der Waals surface area contributed by atoms with Gasteiger partial charge in [-0.15, -0.1) is 0 Å². The number of hydrogen-bond donors (Lipinski definition) is 1. The topological polar surface area (TPSA) is 76.1 Å². The molecule has 1 aromatic carbocycles. The van der Waals surface area contributed by atoms with E-state index in [-0.39, 0.29) is 39.4 Å². The van der Waals surface area contributed by atoms with E-state index < -0.39 is 27.5 Å². The number of amides is 1. The summed E-state index contributed by atoms with van der Waals surface area (Å²) in [5.41, 5.74) is 0.549.